The highest BCUT2D eigenvalue weighted by molar-refractivity contribution is 7.71. The van der Waals surface area contributed by atoms with Crippen LogP contribution in [0.4, 0.5) is 9.59 Å². The van der Waals surface area contributed by atoms with E-state index in [4.69, 9.17) is 0 Å². The largest absolute Gasteiger partial charge is 0.453 e. The molecule has 0 aliphatic carbocycles. The van der Waals surface area contributed by atoms with Gasteiger partial charge in [0.25, 0.3) is 0 Å². The van der Waals surface area contributed by atoms with E-state index in [9.17, 15) is 14.2 Å². The third-order valence-corrected chi connectivity index (χ3v) is 2.69. The quantitative estimate of drug-likeness (QED) is 0.698. The van der Waals surface area contributed by atoms with E-state index in [0.717, 1.165) is 21.3 Å². The second-order valence-electron chi connectivity index (χ2n) is 1.78. The van der Waals surface area contributed by atoms with Crippen LogP contribution in [0.2, 0.25) is 0 Å². The number of alkyl carbamates (subject to hydrolysis) is 1. The van der Waals surface area contributed by atoms with E-state index >= 15 is 0 Å². The number of amides is 2. The van der Waals surface area contributed by atoms with E-state index in [2.05, 4.69) is 13.8 Å². The summed E-state index contributed by atoms with van der Waals surface area (Å²) in [5.41, 5.74) is -1.16. The molecule has 0 bridgehead atoms. The van der Waals surface area contributed by atoms with Gasteiger partial charge in [-0.2, -0.15) is 0 Å². The molecule has 8 heteroatoms. The van der Waals surface area contributed by atoms with Gasteiger partial charge >= 0.3 is 19.3 Å². The predicted octanol–water partition coefficient (Wildman–Crippen LogP) is 0.948. The molecule has 0 aliphatic heterocycles. The molecule has 0 rings (SSSR count). The van der Waals surface area contributed by atoms with Crippen LogP contribution in [-0.2, 0) is 18.3 Å². The number of hydrogen-bond donors (Lipinski definition) is 1. The maximum atomic E-state index is 11.2. The fourth-order valence-electron chi connectivity index (χ4n) is 0.447. The molecule has 0 saturated carbocycles. The van der Waals surface area contributed by atoms with E-state index in [1.54, 1.807) is 5.32 Å². The Labute approximate surface area is 74.9 Å². The van der Waals surface area contributed by atoms with Crippen molar-refractivity contribution in [2.75, 3.05) is 21.3 Å². The predicted molar refractivity (Wildman–Crippen MR) is 42.6 cm³/mol. The minimum Gasteiger partial charge on any atom is -0.453 e. The molecule has 0 aromatic carbocycles. The molecule has 2 amide bonds. The minimum absolute atomic E-state index is 1.03. The molecule has 0 aliphatic rings. The smallest absolute Gasteiger partial charge is 0.418 e. The van der Waals surface area contributed by atoms with Gasteiger partial charge in [-0.05, 0) is 0 Å². The number of imide groups is 1. The molecular formula is C5H10NO6P. The van der Waals surface area contributed by atoms with Crippen molar-refractivity contribution < 1.29 is 27.9 Å². The molecule has 1 N–H and O–H groups in total. The SMILES string of the molecule is COC(=O)NC(=O)P(=O)(OC)OC. The molecule has 0 fully saturated rings. The fourth-order valence-corrected chi connectivity index (χ4v) is 1.16. The van der Waals surface area contributed by atoms with Gasteiger partial charge in [-0.15, -0.1) is 0 Å². The first-order valence-electron chi connectivity index (χ1n) is 3.11. The molecule has 76 valence electrons. The van der Waals surface area contributed by atoms with Crippen molar-refractivity contribution in [3.8, 4) is 0 Å². The van der Waals surface area contributed by atoms with Gasteiger partial charge in [0.1, 0.15) is 0 Å². The van der Waals surface area contributed by atoms with Crippen LogP contribution in [0.1, 0.15) is 0 Å². The van der Waals surface area contributed by atoms with Gasteiger partial charge < -0.3 is 13.8 Å². The van der Waals surface area contributed by atoms with Gasteiger partial charge in [0.05, 0.1) is 7.11 Å². The zero-order valence-corrected chi connectivity index (χ0v) is 8.29. The summed E-state index contributed by atoms with van der Waals surface area (Å²) in [6.45, 7) is 0. The zero-order valence-electron chi connectivity index (χ0n) is 7.40. The van der Waals surface area contributed by atoms with Gasteiger partial charge in [-0.1, -0.05) is 0 Å². The van der Waals surface area contributed by atoms with E-state index in [0.29, 0.717) is 0 Å². The molecule has 7 nitrogen and oxygen atoms in total. The number of rotatable bonds is 3. The Balaban J connectivity index is 4.41. The second-order valence-corrected chi connectivity index (χ2v) is 3.92. The van der Waals surface area contributed by atoms with E-state index < -0.39 is 19.3 Å². The Morgan fingerprint density at radius 3 is 1.92 bits per heavy atom. The van der Waals surface area contributed by atoms with Gasteiger partial charge in [0.2, 0.25) is 0 Å². The van der Waals surface area contributed by atoms with Crippen LogP contribution in [0.3, 0.4) is 0 Å². The lowest BCUT2D eigenvalue weighted by Gasteiger charge is -2.11. The summed E-state index contributed by atoms with van der Waals surface area (Å²) in [5.74, 6) is 0. The maximum absolute atomic E-state index is 11.2. The molecule has 0 heterocycles. The van der Waals surface area contributed by atoms with Crippen molar-refractivity contribution in [1.82, 2.24) is 5.32 Å². The fraction of sp³-hybridized carbons (Fsp3) is 0.600. The van der Waals surface area contributed by atoms with Crippen molar-refractivity contribution in [2.24, 2.45) is 0 Å². The lowest BCUT2D eigenvalue weighted by atomic mass is 11.1. The molecule has 0 radical (unpaired) electrons. The van der Waals surface area contributed by atoms with E-state index in [-0.39, 0.29) is 0 Å². The second kappa shape index (κ2) is 4.96. The number of carbonyl (C=O) groups excluding carboxylic acids is 2. The molecule has 0 aromatic rings. The van der Waals surface area contributed by atoms with Gasteiger partial charge in [0, 0.05) is 14.2 Å². The topological polar surface area (TPSA) is 90.9 Å². The van der Waals surface area contributed by atoms with E-state index in [1.807, 2.05) is 0 Å². The van der Waals surface area contributed by atoms with Crippen molar-refractivity contribution in [1.29, 1.82) is 0 Å². The Bertz CT molecular complexity index is 243. The van der Waals surface area contributed by atoms with Gasteiger partial charge in [-0.3, -0.25) is 10.1 Å². The molecule has 0 spiro atoms. The van der Waals surface area contributed by atoms with Crippen molar-refractivity contribution in [3.05, 3.63) is 0 Å². The number of hydrogen-bond acceptors (Lipinski definition) is 6. The van der Waals surface area contributed by atoms with Gasteiger partial charge in [0.15, 0.2) is 0 Å². The molecular weight excluding hydrogens is 201 g/mol. The lowest BCUT2D eigenvalue weighted by molar-refractivity contribution is 0.171. The summed E-state index contributed by atoms with van der Waals surface area (Å²) in [5, 5.41) is 1.66. The minimum atomic E-state index is -3.89. The number of nitrogens with one attached hydrogen (secondary N) is 1. The third kappa shape index (κ3) is 3.14. The Morgan fingerprint density at radius 1 is 1.15 bits per heavy atom. The van der Waals surface area contributed by atoms with E-state index in [1.165, 1.54) is 0 Å². The highest BCUT2D eigenvalue weighted by atomic mass is 31.2. The van der Waals surface area contributed by atoms with Crippen LogP contribution in [0.15, 0.2) is 0 Å². The monoisotopic (exact) mass is 211 g/mol. The summed E-state index contributed by atoms with van der Waals surface area (Å²) in [7, 11) is -0.770. The summed E-state index contributed by atoms with van der Waals surface area (Å²) in [6.07, 6.45) is -1.03. The highest BCUT2D eigenvalue weighted by Gasteiger charge is 2.33. The van der Waals surface area contributed by atoms with Crippen molar-refractivity contribution in [2.45, 2.75) is 0 Å². The third-order valence-electron chi connectivity index (χ3n) is 1.12. The Morgan fingerprint density at radius 2 is 1.62 bits per heavy atom. The van der Waals surface area contributed by atoms with Crippen molar-refractivity contribution >= 4 is 19.3 Å². The molecule has 0 aromatic heterocycles. The number of ether oxygens (including phenoxy) is 1. The summed E-state index contributed by atoms with van der Waals surface area (Å²) >= 11 is 0. The highest BCUT2D eigenvalue weighted by Crippen LogP contribution is 2.46. The average Bonchev–Trinajstić information content (AvgIpc) is 2.16. The van der Waals surface area contributed by atoms with Crippen LogP contribution in [-0.4, -0.2) is 33.1 Å². The molecule has 0 saturated heterocycles. The standard InChI is InChI=1S/C5H10NO6P/c1-10-4(7)6-5(8)13(9,11-2)12-3/h1-3H3,(H,6,7,8). The first kappa shape index (κ1) is 12.1. The van der Waals surface area contributed by atoms with Crippen molar-refractivity contribution in [3.63, 3.8) is 0 Å². The first-order valence-corrected chi connectivity index (χ1v) is 4.65. The summed E-state index contributed by atoms with van der Waals surface area (Å²) < 4.78 is 24.0. The van der Waals surface area contributed by atoms with Crippen LogP contribution in [0, 0.1) is 0 Å². The van der Waals surface area contributed by atoms with Gasteiger partial charge in [-0.25, -0.2) is 9.36 Å². The normalized spacial score (nSPS) is 10.7. The van der Waals surface area contributed by atoms with Crippen LogP contribution >= 0.6 is 7.60 Å². The molecule has 13 heavy (non-hydrogen) atoms. The lowest BCUT2D eigenvalue weighted by Crippen LogP contribution is -2.29. The van der Waals surface area contributed by atoms with Crippen LogP contribution < -0.4 is 5.32 Å². The molecule has 0 atom stereocenters. The maximum Gasteiger partial charge on any atom is 0.418 e. The summed E-state index contributed by atoms with van der Waals surface area (Å²) in [4.78, 5) is 21.5. The molecule has 0 unspecified atom stereocenters. The Kier molecular flexibility index (Phi) is 4.61. The Hall–Kier alpha value is -0.910. The first-order chi connectivity index (χ1) is 6.00. The summed E-state index contributed by atoms with van der Waals surface area (Å²) in [6, 6.07) is 0. The number of methoxy groups -OCH3 is 1. The number of carbonyl (C=O) groups is 2. The van der Waals surface area contributed by atoms with Crippen LogP contribution in [0.25, 0.3) is 0 Å². The average molecular weight is 211 g/mol. The zero-order chi connectivity index (χ0) is 10.5. The van der Waals surface area contributed by atoms with Crippen LogP contribution in [0.5, 0.6) is 0 Å².